The smallest absolute Gasteiger partial charge is 0.399 e. The van der Waals surface area contributed by atoms with Gasteiger partial charge in [-0.15, -0.1) is 0 Å². The molecule has 0 bridgehead atoms. The lowest BCUT2D eigenvalue weighted by atomic mass is 9.79. The molecule has 4 nitrogen and oxygen atoms in total. The molecule has 20 heavy (non-hydrogen) atoms. The second-order valence-corrected chi connectivity index (χ2v) is 6.90. The Morgan fingerprint density at radius 3 is 2.30 bits per heavy atom. The van der Waals surface area contributed by atoms with Crippen LogP contribution in [0.1, 0.15) is 34.1 Å². The van der Waals surface area contributed by atoms with E-state index in [-0.39, 0.29) is 11.2 Å². The first-order chi connectivity index (χ1) is 9.30. The predicted octanol–water partition coefficient (Wildman–Crippen LogP) is 2.24. The van der Waals surface area contributed by atoms with E-state index < -0.39 is 7.12 Å². The van der Waals surface area contributed by atoms with Crippen LogP contribution in [0.3, 0.4) is 0 Å². The van der Waals surface area contributed by atoms with E-state index in [0.29, 0.717) is 5.02 Å². The first-order valence-electron chi connectivity index (χ1n) is 7.06. The van der Waals surface area contributed by atoms with Crippen molar-refractivity contribution in [2.75, 3.05) is 18.0 Å². The van der Waals surface area contributed by atoms with Gasteiger partial charge < -0.3 is 14.2 Å². The highest BCUT2D eigenvalue weighted by Crippen LogP contribution is 2.37. The molecule has 2 aliphatic rings. The fourth-order valence-electron chi connectivity index (χ4n) is 2.31. The normalized spacial score (nSPS) is 23.9. The zero-order valence-corrected chi connectivity index (χ0v) is 13.2. The molecule has 1 aromatic heterocycles. The molecule has 108 valence electrons. The summed E-state index contributed by atoms with van der Waals surface area (Å²) in [5.74, 6) is 0.949. The van der Waals surface area contributed by atoms with Crippen molar-refractivity contribution in [3.63, 3.8) is 0 Å². The number of aromatic nitrogens is 1. The highest BCUT2D eigenvalue weighted by molar-refractivity contribution is 6.65. The summed E-state index contributed by atoms with van der Waals surface area (Å²) < 4.78 is 12.1. The van der Waals surface area contributed by atoms with E-state index in [1.165, 1.54) is 6.42 Å². The van der Waals surface area contributed by atoms with E-state index in [1.807, 2.05) is 33.8 Å². The molecule has 0 saturated carbocycles. The van der Waals surface area contributed by atoms with Crippen LogP contribution in [0.2, 0.25) is 5.02 Å². The van der Waals surface area contributed by atoms with Gasteiger partial charge in [-0.05, 0) is 40.2 Å². The van der Waals surface area contributed by atoms with E-state index in [9.17, 15) is 0 Å². The Balaban J connectivity index is 1.90. The van der Waals surface area contributed by atoms with Crippen LogP contribution >= 0.6 is 11.6 Å². The quantitative estimate of drug-likeness (QED) is 0.784. The van der Waals surface area contributed by atoms with Gasteiger partial charge in [0.25, 0.3) is 0 Å². The standard InChI is InChI=1S/C14H20BClN2O2/c1-13(2)14(3,4)20-15(19-13)10-8-12(17-9-11(10)16)18-6-5-7-18/h8-9H,5-7H2,1-4H3. The van der Waals surface area contributed by atoms with Crippen molar-refractivity contribution in [3.05, 3.63) is 17.3 Å². The molecule has 0 radical (unpaired) electrons. The van der Waals surface area contributed by atoms with Crippen LogP contribution in [0.15, 0.2) is 12.3 Å². The van der Waals surface area contributed by atoms with E-state index in [1.54, 1.807) is 6.20 Å². The monoisotopic (exact) mass is 294 g/mol. The molecular weight excluding hydrogens is 274 g/mol. The summed E-state index contributed by atoms with van der Waals surface area (Å²) in [5, 5.41) is 0.591. The van der Waals surface area contributed by atoms with E-state index in [0.717, 1.165) is 24.4 Å². The second-order valence-electron chi connectivity index (χ2n) is 6.49. The Bertz CT molecular complexity index is 516. The molecule has 0 spiro atoms. The topological polar surface area (TPSA) is 34.6 Å². The second kappa shape index (κ2) is 4.62. The van der Waals surface area contributed by atoms with Crippen molar-refractivity contribution >= 4 is 30.0 Å². The molecule has 2 fully saturated rings. The Hall–Kier alpha value is -0.775. The molecule has 2 aliphatic heterocycles. The van der Waals surface area contributed by atoms with Crippen molar-refractivity contribution < 1.29 is 9.31 Å². The molecule has 1 aromatic rings. The van der Waals surface area contributed by atoms with Gasteiger partial charge in [-0.1, -0.05) is 11.6 Å². The van der Waals surface area contributed by atoms with Gasteiger partial charge in [-0.3, -0.25) is 0 Å². The number of hydrogen-bond acceptors (Lipinski definition) is 4. The summed E-state index contributed by atoms with van der Waals surface area (Å²) in [4.78, 5) is 6.62. The molecule has 3 heterocycles. The summed E-state index contributed by atoms with van der Waals surface area (Å²) in [6.07, 6.45) is 2.91. The van der Waals surface area contributed by atoms with E-state index in [2.05, 4.69) is 9.88 Å². The Kier molecular flexibility index (Phi) is 3.27. The lowest BCUT2D eigenvalue weighted by Crippen LogP contribution is -2.41. The van der Waals surface area contributed by atoms with Crippen molar-refractivity contribution in [1.82, 2.24) is 4.98 Å². The minimum absolute atomic E-state index is 0.360. The van der Waals surface area contributed by atoms with Gasteiger partial charge in [0.2, 0.25) is 0 Å². The molecule has 0 aliphatic carbocycles. The van der Waals surface area contributed by atoms with Crippen molar-refractivity contribution in [2.24, 2.45) is 0 Å². The van der Waals surface area contributed by atoms with Gasteiger partial charge >= 0.3 is 7.12 Å². The number of pyridine rings is 1. The van der Waals surface area contributed by atoms with Gasteiger partial charge in [0, 0.05) is 24.7 Å². The highest BCUT2D eigenvalue weighted by Gasteiger charge is 2.52. The van der Waals surface area contributed by atoms with Crippen LogP contribution in [0, 0.1) is 0 Å². The fourth-order valence-corrected chi connectivity index (χ4v) is 2.50. The Morgan fingerprint density at radius 2 is 1.80 bits per heavy atom. The van der Waals surface area contributed by atoms with Gasteiger partial charge in [0.15, 0.2) is 0 Å². The minimum Gasteiger partial charge on any atom is -0.399 e. The number of halogens is 1. The zero-order valence-electron chi connectivity index (χ0n) is 12.4. The highest BCUT2D eigenvalue weighted by atomic mass is 35.5. The summed E-state index contributed by atoms with van der Waals surface area (Å²) in [6.45, 7) is 10.3. The van der Waals surface area contributed by atoms with Crippen molar-refractivity contribution in [2.45, 2.75) is 45.3 Å². The van der Waals surface area contributed by atoms with Crippen LogP contribution in [-0.4, -0.2) is 36.4 Å². The first kappa shape index (κ1) is 14.2. The molecule has 3 rings (SSSR count). The summed E-state index contributed by atoms with van der Waals surface area (Å²) in [6, 6.07) is 1.99. The first-order valence-corrected chi connectivity index (χ1v) is 7.44. The van der Waals surface area contributed by atoms with Crippen LogP contribution in [0.5, 0.6) is 0 Å². The number of rotatable bonds is 2. The van der Waals surface area contributed by atoms with Gasteiger partial charge in [0.05, 0.1) is 16.2 Å². The molecule has 0 N–H and O–H groups in total. The van der Waals surface area contributed by atoms with Crippen LogP contribution < -0.4 is 10.4 Å². The lowest BCUT2D eigenvalue weighted by Gasteiger charge is -2.32. The van der Waals surface area contributed by atoms with Gasteiger partial charge in [-0.2, -0.15) is 0 Å². The molecule has 0 atom stereocenters. The zero-order chi connectivity index (χ0) is 14.5. The SMILES string of the molecule is CC1(C)OB(c2cc(N3CCC3)ncc2Cl)OC1(C)C. The summed E-state index contributed by atoms with van der Waals surface area (Å²) >= 11 is 6.29. The molecule has 2 saturated heterocycles. The van der Waals surface area contributed by atoms with E-state index >= 15 is 0 Å². The maximum absolute atomic E-state index is 6.29. The molecule has 0 unspecified atom stereocenters. The number of nitrogens with zero attached hydrogens (tertiary/aromatic N) is 2. The van der Waals surface area contributed by atoms with Crippen molar-refractivity contribution in [3.8, 4) is 0 Å². The third kappa shape index (κ3) is 2.22. The number of hydrogen-bond donors (Lipinski definition) is 0. The average molecular weight is 295 g/mol. The molecular formula is C14H20BClN2O2. The predicted molar refractivity (Wildman–Crippen MR) is 81.8 cm³/mol. The average Bonchev–Trinajstić information content (AvgIpc) is 2.48. The molecule has 0 aromatic carbocycles. The summed E-state index contributed by atoms with van der Waals surface area (Å²) in [7, 11) is -0.435. The van der Waals surface area contributed by atoms with Crippen LogP contribution in [0.4, 0.5) is 5.82 Å². The maximum Gasteiger partial charge on any atom is 0.496 e. The van der Waals surface area contributed by atoms with Crippen molar-refractivity contribution in [1.29, 1.82) is 0 Å². The van der Waals surface area contributed by atoms with Crippen LogP contribution in [-0.2, 0) is 9.31 Å². The maximum atomic E-state index is 6.29. The largest absolute Gasteiger partial charge is 0.496 e. The third-order valence-electron chi connectivity index (χ3n) is 4.56. The molecule has 6 heteroatoms. The van der Waals surface area contributed by atoms with Crippen LogP contribution in [0.25, 0.3) is 0 Å². The lowest BCUT2D eigenvalue weighted by molar-refractivity contribution is 0.00578. The Morgan fingerprint density at radius 1 is 1.20 bits per heavy atom. The molecule has 0 amide bonds. The summed E-state index contributed by atoms with van der Waals surface area (Å²) in [5.41, 5.74) is 0.143. The fraction of sp³-hybridized carbons (Fsp3) is 0.643. The third-order valence-corrected chi connectivity index (χ3v) is 4.87. The van der Waals surface area contributed by atoms with Gasteiger partial charge in [0.1, 0.15) is 5.82 Å². The van der Waals surface area contributed by atoms with E-state index in [4.69, 9.17) is 20.9 Å². The number of anilines is 1. The van der Waals surface area contributed by atoms with Gasteiger partial charge in [-0.25, -0.2) is 4.98 Å². The minimum atomic E-state index is -0.435. The Labute approximate surface area is 125 Å².